The van der Waals surface area contributed by atoms with Crippen LogP contribution in [0.15, 0.2) is 24.4 Å². The minimum atomic E-state index is 0.129. The first-order valence-electron chi connectivity index (χ1n) is 7.53. The second-order valence-corrected chi connectivity index (χ2v) is 5.46. The summed E-state index contributed by atoms with van der Waals surface area (Å²) in [7, 11) is 2.00. The molecule has 2 heteroatoms. The lowest BCUT2D eigenvalue weighted by atomic mass is 9.96. The van der Waals surface area contributed by atoms with Crippen LogP contribution in [-0.2, 0) is 11.3 Å². The van der Waals surface area contributed by atoms with Gasteiger partial charge in [-0.05, 0) is 30.5 Å². The van der Waals surface area contributed by atoms with E-state index in [1.54, 1.807) is 6.92 Å². The predicted octanol–water partition coefficient (Wildman–Crippen LogP) is 4.57. The monoisotopic (exact) mass is 273 g/mol. The van der Waals surface area contributed by atoms with Gasteiger partial charge in [-0.3, -0.25) is 4.79 Å². The molecule has 110 valence electrons. The first-order chi connectivity index (χ1) is 9.51. The molecule has 0 N–H and O–H groups in total. The zero-order valence-corrected chi connectivity index (χ0v) is 13.5. The molecule has 0 atom stereocenters. The average Bonchev–Trinajstić information content (AvgIpc) is 2.47. The number of benzene rings is 1. The Hall–Kier alpha value is -1.57. The number of hydrogen-bond donors (Lipinski definition) is 0. The van der Waals surface area contributed by atoms with Crippen molar-refractivity contribution in [1.29, 1.82) is 0 Å². The fourth-order valence-corrected chi connectivity index (χ4v) is 2.38. The molecule has 2 nitrogen and oxygen atoms in total. The van der Waals surface area contributed by atoms with E-state index in [2.05, 4.69) is 31.7 Å². The molecular formula is C18H27NO. The Morgan fingerprint density at radius 3 is 2.40 bits per heavy atom. The Bertz CT molecular complexity index is 486. The van der Waals surface area contributed by atoms with Crippen LogP contribution in [0, 0.1) is 6.92 Å². The van der Waals surface area contributed by atoms with Crippen molar-refractivity contribution in [3.63, 3.8) is 0 Å². The summed E-state index contributed by atoms with van der Waals surface area (Å²) in [6.45, 7) is 9.00. The quantitative estimate of drug-likeness (QED) is 0.804. The van der Waals surface area contributed by atoms with Crippen LogP contribution in [0.5, 0.6) is 0 Å². The van der Waals surface area contributed by atoms with Crippen LogP contribution in [0.1, 0.15) is 56.7 Å². The van der Waals surface area contributed by atoms with Gasteiger partial charge in [0.1, 0.15) is 0 Å². The standard InChI is InChI=1S/C13H15NO.C5H12/c1-9-11-5-4-6-12(9)13(10(2)15)8-14(3)7-11;1-3-5-4-2/h4-6,8H,7H2,1-3H3;3-5H2,1-2H3. The number of nitrogens with zero attached hydrogens (tertiary/aromatic N) is 1. The van der Waals surface area contributed by atoms with E-state index in [1.165, 1.54) is 30.4 Å². The average molecular weight is 273 g/mol. The number of carbonyl (C=O) groups excluding carboxylic acids is 1. The van der Waals surface area contributed by atoms with E-state index < -0.39 is 0 Å². The van der Waals surface area contributed by atoms with Crippen LogP contribution in [0.3, 0.4) is 0 Å². The van der Waals surface area contributed by atoms with Gasteiger partial charge < -0.3 is 4.90 Å². The topological polar surface area (TPSA) is 20.3 Å². The summed E-state index contributed by atoms with van der Waals surface area (Å²) < 4.78 is 0. The van der Waals surface area contributed by atoms with E-state index in [0.717, 1.165) is 17.7 Å². The van der Waals surface area contributed by atoms with Gasteiger partial charge in [0.2, 0.25) is 0 Å². The van der Waals surface area contributed by atoms with Crippen LogP contribution in [0.25, 0.3) is 5.57 Å². The van der Waals surface area contributed by atoms with Crippen LogP contribution in [-0.4, -0.2) is 17.7 Å². The predicted molar refractivity (Wildman–Crippen MR) is 86.5 cm³/mol. The maximum Gasteiger partial charge on any atom is 0.161 e. The molecule has 0 saturated carbocycles. The molecule has 0 unspecified atom stereocenters. The zero-order chi connectivity index (χ0) is 15.1. The van der Waals surface area contributed by atoms with Crippen molar-refractivity contribution in [3.8, 4) is 0 Å². The Labute approximate surface area is 123 Å². The molecule has 0 aromatic heterocycles. The second kappa shape index (κ2) is 7.88. The summed E-state index contributed by atoms with van der Waals surface area (Å²) in [4.78, 5) is 13.6. The smallest absolute Gasteiger partial charge is 0.161 e. The maximum absolute atomic E-state index is 11.6. The zero-order valence-electron chi connectivity index (χ0n) is 13.5. The molecule has 1 aromatic rings. The summed E-state index contributed by atoms with van der Waals surface area (Å²) in [5.74, 6) is 0.129. The van der Waals surface area contributed by atoms with Crippen molar-refractivity contribution < 1.29 is 4.79 Å². The van der Waals surface area contributed by atoms with Crippen molar-refractivity contribution >= 4 is 11.4 Å². The van der Waals surface area contributed by atoms with Crippen LogP contribution in [0.2, 0.25) is 0 Å². The Kier molecular flexibility index (Phi) is 6.50. The molecule has 0 fully saturated rings. The molecule has 0 radical (unpaired) electrons. The number of unbranched alkanes of at least 4 members (excludes halogenated alkanes) is 2. The molecule has 1 heterocycles. The van der Waals surface area contributed by atoms with E-state index >= 15 is 0 Å². The first-order valence-corrected chi connectivity index (χ1v) is 7.53. The fourth-order valence-electron chi connectivity index (χ4n) is 2.38. The highest BCUT2D eigenvalue weighted by Crippen LogP contribution is 2.27. The molecule has 0 spiro atoms. The lowest BCUT2D eigenvalue weighted by Gasteiger charge is -2.12. The Morgan fingerprint density at radius 2 is 1.90 bits per heavy atom. The van der Waals surface area contributed by atoms with Gasteiger partial charge >= 0.3 is 0 Å². The van der Waals surface area contributed by atoms with Gasteiger partial charge in [-0.2, -0.15) is 0 Å². The van der Waals surface area contributed by atoms with Gasteiger partial charge in [-0.25, -0.2) is 0 Å². The summed E-state index contributed by atoms with van der Waals surface area (Å²) in [6, 6.07) is 6.16. The molecule has 0 amide bonds. The molecule has 0 aliphatic carbocycles. The van der Waals surface area contributed by atoms with Crippen LogP contribution >= 0.6 is 0 Å². The van der Waals surface area contributed by atoms with Crippen molar-refractivity contribution in [1.82, 2.24) is 4.90 Å². The molecule has 1 aromatic carbocycles. The highest BCUT2D eigenvalue weighted by molar-refractivity contribution is 6.19. The molecule has 20 heavy (non-hydrogen) atoms. The summed E-state index contributed by atoms with van der Waals surface area (Å²) in [5.41, 5.74) is 4.41. The molecule has 0 saturated heterocycles. The summed E-state index contributed by atoms with van der Waals surface area (Å²) in [6.07, 6.45) is 6.02. The Balaban J connectivity index is 0.000000347. The van der Waals surface area contributed by atoms with E-state index in [-0.39, 0.29) is 5.78 Å². The fraction of sp³-hybridized carbons (Fsp3) is 0.500. The number of Topliss-reactive ketones (excluding diaryl/α,β-unsaturated/α-hetero) is 1. The van der Waals surface area contributed by atoms with Gasteiger partial charge in [0.05, 0.1) is 0 Å². The van der Waals surface area contributed by atoms with E-state index in [4.69, 9.17) is 0 Å². The minimum absolute atomic E-state index is 0.129. The lowest BCUT2D eigenvalue weighted by Crippen LogP contribution is -2.10. The van der Waals surface area contributed by atoms with Crippen molar-refractivity contribution in [2.45, 2.75) is 53.5 Å². The SMILES string of the molecule is CC(=O)C1=CN(C)Cc2cccc1c2C.CCCCC. The van der Waals surface area contributed by atoms with E-state index in [9.17, 15) is 4.79 Å². The number of carbonyl (C=O) groups is 1. The minimum Gasteiger partial charge on any atom is -0.375 e. The molecule has 2 bridgehead atoms. The van der Waals surface area contributed by atoms with Gasteiger partial charge in [0.25, 0.3) is 0 Å². The Morgan fingerprint density at radius 1 is 1.25 bits per heavy atom. The van der Waals surface area contributed by atoms with Crippen LogP contribution < -0.4 is 0 Å². The summed E-state index contributed by atoms with van der Waals surface area (Å²) in [5, 5.41) is 0. The first kappa shape index (κ1) is 16.5. The molecule has 2 rings (SSSR count). The van der Waals surface area contributed by atoms with Crippen molar-refractivity contribution in [3.05, 3.63) is 41.1 Å². The van der Waals surface area contributed by atoms with Crippen molar-refractivity contribution in [2.24, 2.45) is 0 Å². The normalized spacial score (nSPS) is 13.1. The van der Waals surface area contributed by atoms with Gasteiger partial charge in [-0.1, -0.05) is 51.3 Å². The number of allylic oxidation sites excluding steroid dienone is 1. The van der Waals surface area contributed by atoms with E-state index in [1.807, 2.05) is 25.4 Å². The number of fused-ring (bicyclic) bond motifs is 2. The second-order valence-electron chi connectivity index (χ2n) is 5.46. The lowest BCUT2D eigenvalue weighted by molar-refractivity contribution is -0.111. The number of rotatable bonds is 3. The van der Waals surface area contributed by atoms with Gasteiger partial charge in [0.15, 0.2) is 5.78 Å². The molecule has 1 aliphatic rings. The maximum atomic E-state index is 11.6. The van der Waals surface area contributed by atoms with Crippen molar-refractivity contribution in [2.75, 3.05) is 7.05 Å². The number of hydrogen-bond acceptors (Lipinski definition) is 2. The molecular weight excluding hydrogens is 246 g/mol. The third-order valence-corrected chi connectivity index (χ3v) is 3.59. The summed E-state index contributed by atoms with van der Waals surface area (Å²) >= 11 is 0. The van der Waals surface area contributed by atoms with Gasteiger partial charge in [0, 0.05) is 25.4 Å². The highest BCUT2D eigenvalue weighted by Gasteiger charge is 2.16. The third kappa shape index (κ3) is 4.22. The largest absolute Gasteiger partial charge is 0.375 e. The number of ketones is 1. The van der Waals surface area contributed by atoms with Gasteiger partial charge in [-0.15, -0.1) is 0 Å². The molecule has 1 aliphatic heterocycles. The van der Waals surface area contributed by atoms with Crippen LogP contribution in [0.4, 0.5) is 0 Å². The van der Waals surface area contributed by atoms with E-state index in [0.29, 0.717) is 0 Å². The third-order valence-electron chi connectivity index (χ3n) is 3.59. The highest BCUT2D eigenvalue weighted by atomic mass is 16.1.